The number of amides is 1. The lowest BCUT2D eigenvalue weighted by Crippen LogP contribution is -2.12. The van der Waals surface area contributed by atoms with Crippen LogP contribution in [0.2, 0.25) is 0 Å². The lowest BCUT2D eigenvalue weighted by molar-refractivity contribution is 0.102. The Hall–Kier alpha value is -2.65. The van der Waals surface area contributed by atoms with Gasteiger partial charge in [-0.25, -0.2) is 8.42 Å². The second-order valence-corrected chi connectivity index (χ2v) is 10.3. The maximum absolute atomic E-state index is 12.4. The van der Waals surface area contributed by atoms with Crippen molar-refractivity contribution in [3.63, 3.8) is 0 Å². The Morgan fingerprint density at radius 1 is 1.10 bits per heavy atom. The van der Waals surface area contributed by atoms with Crippen LogP contribution in [0.5, 0.6) is 0 Å². The summed E-state index contributed by atoms with van der Waals surface area (Å²) in [6.45, 7) is 4.16. The summed E-state index contributed by atoms with van der Waals surface area (Å²) in [4.78, 5) is 13.7. The second kappa shape index (κ2) is 9.23. The number of benzene rings is 2. The van der Waals surface area contributed by atoms with Gasteiger partial charge in [0.25, 0.3) is 5.91 Å². The summed E-state index contributed by atoms with van der Waals surface area (Å²) in [5, 5.41) is 10.5. The zero-order chi connectivity index (χ0) is 20.9. The number of sulfone groups is 1. The molecule has 7 nitrogen and oxygen atoms in total. The minimum Gasteiger partial charge on any atom is -0.408 e. The quantitative estimate of drug-likeness (QED) is 0.541. The highest BCUT2D eigenvalue weighted by molar-refractivity contribution is 7.99. The predicted octanol–water partition coefficient (Wildman–Crippen LogP) is 3.84. The van der Waals surface area contributed by atoms with E-state index in [1.165, 1.54) is 0 Å². The molecule has 0 aliphatic carbocycles. The van der Waals surface area contributed by atoms with E-state index in [9.17, 15) is 13.2 Å². The average Bonchev–Trinajstić information content (AvgIpc) is 3.14. The number of nitrogens with zero attached hydrogens (tertiary/aromatic N) is 2. The lowest BCUT2D eigenvalue weighted by atomic mass is 10.2. The number of hydrogen-bond acceptors (Lipinski definition) is 7. The van der Waals surface area contributed by atoms with Crippen molar-refractivity contribution in [1.82, 2.24) is 10.2 Å². The fourth-order valence-electron chi connectivity index (χ4n) is 2.52. The van der Waals surface area contributed by atoms with Crippen LogP contribution in [0.1, 0.15) is 30.1 Å². The molecule has 0 unspecified atom stereocenters. The van der Waals surface area contributed by atoms with Crippen LogP contribution < -0.4 is 5.32 Å². The highest BCUT2D eigenvalue weighted by Crippen LogP contribution is 2.24. The van der Waals surface area contributed by atoms with Crippen LogP contribution in [0.3, 0.4) is 0 Å². The third-order valence-electron chi connectivity index (χ3n) is 3.84. The molecule has 0 spiro atoms. The predicted molar refractivity (Wildman–Crippen MR) is 112 cm³/mol. The number of hydrogen-bond donors (Lipinski definition) is 1. The van der Waals surface area contributed by atoms with Crippen molar-refractivity contribution in [2.24, 2.45) is 0 Å². The molecule has 0 atom stereocenters. The molecule has 0 saturated carbocycles. The zero-order valence-electron chi connectivity index (χ0n) is 16.0. The molecule has 1 aromatic heterocycles. The van der Waals surface area contributed by atoms with Crippen LogP contribution in [0.15, 0.2) is 68.8 Å². The van der Waals surface area contributed by atoms with Gasteiger partial charge in [-0.2, -0.15) is 0 Å². The molecule has 0 saturated heterocycles. The van der Waals surface area contributed by atoms with Gasteiger partial charge in [0.2, 0.25) is 5.89 Å². The average molecular weight is 432 g/mol. The van der Waals surface area contributed by atoms with Crippen LogP contribution in [0, 0.1) is 0 Å². The number of carbonyl (C=O) groups excluding carboxylic acids is 1. The Bertz CT molecular complexity index is 1080. The summed E-state index contributed by atoms with van der Waals surface area (Å²) in [5.74, 6) is -0.395. The Morgan fingerprint density at radius 2 is 1.86 bits per heavy atom. The summed E-state index contributed by atoms with van der Waals surface area (Å²) in [6, 6.07) is 15.4. The van der Waals surface area contributed by atoms with Crippen molar-refractivity contribution in [2.75, 3.05) is 11.1 Å². The minimum absolute atomic E-state index is 0.0562. The molecule has 3 aromatic rings. The molecule has 0 aliphatic rings. The summed E-state index contributed by atoms with van der Waals surface area (Å²) in [7, 11) is -3.45. The maximum atomic E-state index is 12.4. The number of thioether (sulfide) groups is 1. The summed E-state index contributed by atoms with van der Waals surface area (Å²) < 4.78 is 30.0. The molecule has 3 rings (SSSR count). The van der Waals surface area contributed by atoms with Gasteiger partial charge in [-0.1, -0.05) is 43.2 Å². The molecule has 0 bridgehead atoms. The number of aromatic nitrogens is 2. The molecular formula is C20H21N3O4S2. The number of anilines is 1. The normalized spacial score (nSPS) is 11.6. The highest BCUT2D eigenvalue weighted by Gasteiger charge is 2.17. The van der Waals surface area contributed by atoms with E-state index in [0.29, 0.717) is 10.8 Å². The van der Waals surface area contributed by atoms with Crippen molar-refractivity contribution in [1.29, 1.82) is 0 Å². The van der Waals surface area contributed by atoms with Gasteiger partial charge in [0.1, 0.15) is 0 Å². The monoisotopic (exact) mass is 431 g/mol. The van der Waals surface area contributed by atoms with E-state index in [0.717, 1.165) is 4.90 Å². The Labute approximate surface area is 173 Å². The van der Waals surface area contributed by atoms with Crippen molar-refractivity contribution in [3.05, 3.63) is 66.1 Å². The van der Waals surface area contributed by atoms with Crippen LogP contribution in [0.25, 0.3) is 0 Å². The van der Waals surface area contributed by atoms with Crippen molar-refractivity contribution in [2.45, 2.75) is 35.3 Å². The van der Waals surface area contributed by atoms with E-state index < -0.39 is 9.84 Å². The van der Waals surface area contributed by atoms with E-state index in [1.54, 1.807) is 54.2 Å². The molecule has 29 heavy (non-hydrogen) atoms. The first-order valence-corrected chi connectivity index (χ1v) is 11.5. The van der Waals surface area contributed by atoms with E-state index >= 15 is 0 Å². The van der Waals surface area contributed by atoms with Crippen LogP contribution in [-0.4, -0.2) is 35.5 Å². The largest absolute Gasteiger partial charge is 0.408 e. The van der Waals surface area contributed by atoms with E-state index in [-0.39, 0.29) is 34.9 Å². The second-order valence-electron chi connectivity index (χ2n) is 6.53. The smallest absolute Gasteiger partial charge is 0.322 e. The molecule has 1 N–H and O–H groups in total. The Kier molecular flexibility index (Phi) is 6.71. The van der Waals surface area contributed by atoms with E-state index in [1.807, 2.05) is 12.1 Å². The van der Waals surface area contributed by atoms with Gasteiger partial charge in [-0.05, 0) is 30.3 Å². The molecule has 0 aliphatic heterocycles. The maximum Gasteiger partial charge on any atom is 0.322 e. The minimum atomic E-state index is -3.45. The number of aryl methyl sites for hydroxylation is 1. The zero-order valence-corrected chi connectivity index (χ0v) is 17.7. The first-order chi connectivity index (χ1) is 13.8. The summed E-state index contributed by atoms with van der Waals surface area (Å²) in [6.07, 6.45) is 0.0562. The molecule has 2 aromatic carbocycles. The van der Waals surface area contributed by atoms with Crippen molar-refractivity contribution >= 4 is 33.5 Å². The van der Waals surface area contributed by atoms with E-state index in [2.05, 4.69) is 29.4 Å². The Morgan fingerprint density at radius 3 is 2.59 bits per heavy atom. The number of carbonyl (C=O) groups is 1. The van der Waals surface area contributed by atoms with Gasteiger partial charge < -0.3 is 4.42 Å². The number of nitrogens with one attached hydrogen (secondary N) is 1. The van der Waals surface area contributed by atoms with Crippen LogP contribution in [0.4, 0.5) is 6.01 Å². The number of rotatable bonds is 8. The van der Waals surface area contributed by atoms with Crippen LogP contribution in [-0.2, 0) is 16.3 Å². The third-order valence-corrected chi connectivity index (χ3v) is 6.57. The molecule has 1 amide bonds. The van der Waals surface area contributed by atoms with Gasteiger partial charge >= 0.3 is 6.01 Å². The highest BCUT2D eigenvalue weighted by atomic mass is 32.2. The van der Waals surface area contributed by atoms with Crippen molar-refractivity contribution < 1.29 is 17.6 Å². The van der Waals surface area contributed by atoms with Crippen LogP contribution >= 0.6 is 11.8 Å². The molecular weight excluding hydrogens is 410 g/mol. The Balaban J connectivity index is 1.61. The molecule has 9 heteroatoms. The molecule has 0 fully saturated rings. The van der Waals surface area contributed by atoms with Gasteiger partial charge in [-0.3, -0.25) is 10.1 Å². The first-order valence-electron chi connectivity index (χ1n) is 9.02. The summed E-state index contributed by atoms with van der Waals surface area (Å²) >= 11 is 1.66. The molecule has 1 heterocycles. The fourth-order valence-corrected chi connectivity index (χ4v) is 4.67. The fraction of sp³-hybridized carbons (Fsp3) is 0.250. The van der Waals surface area contributed by atoms with Crippen molar-refractivity contribution in [3.8, 4) is 0 Å². The lowest BCUT2D eigenvalue weighted by Gasteiger charge is -2.06. The summed E-state index contributed by atoms with van der Waals surface area (Å²) in [5.41, 5.74) is 0.474. The van der Waals surface area contributed by atoms with Gasteiger partial charge in [0.05, 0.1) is 10.6 Å². The first kappa shape index (κ1) is 21.1. The SMILES string of the molecule is CC(C)Sc1cccc(C(=O)Nc2nnc(CCS(=O)(=O)c3ccccc3)o2)c1. The molecule has 0 radical (unpaired) electrons. The topological polar surface area (TPSA) is 102 Å². The van der Waals surface area contributed by atoms with Gasteiger partial charge in [0, 0.05) is 22.1 Å². The van der Waals surface area contributed by atoms with Gasteiger partial charge in [0.15, 0.2) is 9.84 Å². The third kappa shape index (κ3) is 5.91. The van der Waals surface area contributed by atoms with E-state index in [4.69, 9.17) is 4.42 Å². The molecule has 152 valence electrons. The van der Waals surface area contributed by atoms with Gasteiger partial charge in [-0.15, -0.1) is 16.9 Å². The standard InChI is InChI=1S/C20H21N3O4S2/c1-14(2)28-16-8-6-7-15(13-16)19(24)21-20-23-22-18(27-20)11-12-29(25,26)17-9-4-3-5-10-17/h3-10,13-14H,11-12H2,1-2H3,(H,21,23,24).